The predicted octanol–water partition coefficient (Wildman–Crippen LogP) is 5.39. The molecule has 27 heavy (non-hydrogen) atoms. The SMILES string of the molecule is C/C=C/CSC(=NS(=O)(=O)c1ccc([N+](=O)[O-])cc1)Sc1ccc(Cl)cc1. The van der Waals surface area contributed by atoms with E-state index in [9.17, 15) is 18.5 Å². The predicted molar refractivity (Wildman–Crippen MR) is 112 cm³/mol. The summed E-state index contributed by atoms with van der Waals surface area (Å²) in [7, 11) is -3.99. The molecule has 0 aliphatic rings. The van der Waals surface area contributed by atoms with E-state index < -0.39 is 14.9 Å². The van der Waals surface area contributed by atoms with E-state index in [2.05, 4.69) is 4.40 Å². The molecule has 0 fully saturated rings. The Kier molecular flexibility index (Phi) is 7.91. The molecule has 0 spiro atoms. The number of rotatable bonds is 6. The first-order chi connectivity index (χ1) is 12.8. The van der Waals surface area contributed by atoms with Crippen molar-refractivity contribution in [3.8, 4) is 0 Å². The van der Waals surface area contributed by atoms with Crippen LogP contribution in [0.4, 0.5) is 5.69 Å². The quantitative estimate of drug-likeness (QED) is 0.149. The van der Waals surface area contributed by atoms with E-state index in [1.54, 1.807) is 24.3 Å². The van der Waals surface area contributed by atoms with Crippen LogP contribution >= 0.6 is 35.1 Å². The normalized spacial score (nSPS) is 12.4. The largest absolute Gasteiger partial charge is 0.283 e. The molecule has 0 radical (unpaired) electrons. The maximum absolute atomic E-state index is 12.6. The lowest BCUT2D eigenvalue weighted by molar-refractivity contribution is -0.384. The number of hydrogen-bond donors (Lipinski definition) is 0. The summed E-state index contributed by atoms with van der Waals surface area (Å²) >= 11 is 8.37. The summed E-state index contributed by atoms with van der Waals surface area (Å²) in [4.78, 5) is 10.8. The molecule has 6 nitrogen and oxygen atoms in total. The van der Waals surface area contributed by atoms with E-state index in [1.165, 1.54) is 35.7 Å². The van der Waals surface area contributed by atoms with Crippen molar-refractivity contribution in [3.05, 3.63) is 75.8 Å². The number of sulfonamides is 1. The Morgan fingerprint density at radius 2 is 1.81 bits per heavy atom. The molecule has 0 atom stereocenters. The fourth-order valence-electron chi connectivity index (χ4n) is 1.78. The molecule has 2 rings (SSSR count). The maximum Gasteiger partial charge on any atom is 0.283 e. The van der Waals surface area contributed by atoms with Crippen LogP contribution in [0.3, 0.4) is 0 Å². The van der Waals surface area contributed by atoms with E-state index >= 15 is 0 Å². The number of non-ortho nitro benzene ring substituents is 1. The molecule has 0 aliphatic carbocycles. The second-order valence-electron chi connectivity index (χ2n) is 5.02. The first-order valence-corrected chi connectivity index (χ1v) is 11.2. The van der Waals surface area contributed by atoms with Crippen molar-refractivity contribution >= 4 is 55.2 Å². The Morgan fingerprint density at radius 1 is 1.19 bits per heavy atom. The van der Waals surface area contributed by atoms with Gasteiger partial charge in [-0.05, 0) is 43.3 Å². The number of benzene rings is 2. The standard InChI is InChI=1S/C17H15ClN2O4S3/c1-2-3-12-25-17(26-15-8-4-13(18)5-9-15)19-27(23,24)16-10-6-14(7-11-16)20(21)22/h2-11H,12H2,1H3/b3-2+,19-17?. The van der Waals surface area contributed by atoms with Gasteiger partial charge in [-0.25, -0.2) is 0 Å². The van der Waals surface area contributed by atoms with Crippen LogP contribution in [-0.2, 0) is 10.0 Å². The molecule has 0 bridgehead atoms. The van der Waals surface area contributed by atoms with E-state index in [0.29, 0.717) is 15.2 Å². The molecule has 0 amide bonds. The molecule has 0 heterocycles. The highest BCUT2D eigenvalue weighted by molar-refractivity contribution is 8.39. The highest BCUT2D eigenvalue weighted by Crippen LogP contribution is 2.29. The molecule has 0 saturated heterocycles. The maximum atomic E-state index is 12.6. The number of nitrogens with zero attached hydrogens (tertiary/aromatic N) is 2. The summed E-state index contributed by atoms with van der Waals surface area (Å²) in [6.07, 6.45) is 3.75. The Balaban J connectivity index is 2.31. The van der Waals surface area contributed by atoms with Crippen LogP contribution in [0.25, 0.3) is 0 Å². The fourth-order valence-corrected chi connectivity index (χ4v) is 5.27. The Labute approximate surface area is 170 Å². The Bertz CT molecular complexity index is 957. The van der Waals surface area contributed by atoms with Crippen molar-refractivity contribution in [1.29, 1.82) is 0 Å². The van der Waals surface area contributed by atoms with E-state index in [1.807, 2.05) is 19.1 Å². The Morgan fingerprint density at radius 3 is 2.37 bits per heavy atom. The van der Waals surface area contributed by atoms with Gasteiger partial charge in [0.05, 0.1) is 9.82 Å². The number of hydrogen-bond acceptors (Lipinski definition) is 6. The summed E-state index contributed by atoms with van der Waals surface area (Å²) in [5.74, 6) is 0.561. The lowest BCUT2D eigenvalue weighted by Crippen LogP contribution is -2.01. The number of thioether (sulfide) groups is 2. The van der Waals surface area contributed by atoms with E-state index in [-0.39, 0.29) is 10.6 Å². The van der Waals surface area contributed by atoms with Crippen LogP contribution in [0, 0.1) is 10.1 Å². The van der Waals surface area contributed by atoms with Gasteiger partial charge in [0.25, 0.3) is 15.7 Å². The number of nitro groups is 1. The van der Waals surface area contributed by atoms with Crippen molar-refractivity contribution in [3.63, 3.8) is 0 Å². The molecule has 0 unspecified atom stereocenters. The molecule has 10 heteroatoms. The highest BCUT2D eigenvalue weighted by Gasteiger charge is 2.17. The molecule has 2 aromatic rings. The second-order valence-corrected chi connectivity index (χ2v) is 9.39. The molecular formula is C17H15ClN2O4S3. The fraction of sp³-hybridized carbons (Fsp3) is 0.118. The third kappa shape index (κ3) is 6.69. The number of halogens is 1. The molecule has 142 valence electrons. The highest BCUT2D eigenvalue weighted by atomic mass is 35.5. The van der Waals surface area contributed by atoms with Crippen molar-refractivity contribution in [2.45, 2.75) is 16.7 Å². The van der Waals surface area contributed by atoms with Gasteiger partial charge in [0.2, 0.25) is 0 Å². The van der Waals surface area contributed by atoms with Gasteiger partial charge in [0.1, 0.15) is 4.38 Å². The van der Waals surface area contributed by atoms with Crippen molar-refractivity contribution in [1.82, 2.24) is 0 Å². The minimum atomic E-state index is -3.99. The summed E-state index contributed by atoms with van der Waals surface area (Å²) in [5, 5.41) is 11.3. The topological polar surface area (TPSA) is 89.6 Å². The Hall–Kier alpha value is -1.81. The van der Waals surface area contributed by atoms with Crippen LogP contribution < -0.4 is 0 Å². The summed E-state index contributed by atoms with van der Waals surface area (Å²) in [6, 6.07) is 11.6. The molecule has 0 saturated carbocycles. The summed E-state index contributed by atoms with van der Waals surface area (Å²) in [5.41, 5.74) is -0.184. The average Bonchev–Trinajstić information content (AvgIpc) is 2.63. The van der Waals surface area contributed by atoms with Gasteiger partial charge < -0.3 is 0 Å². The lowest BCUT2D eigenvalue weighted by atomic mass is 10.3. The van der Waals surface area contributed by atoms with Gasteiger partial charge in [0, 0.05) is 27.8 Å². The van der Waals surface area contributed by atoms with E-state index in [4.69, 9.17) is 11.6 Å². The van der Waals surface area contributed by atoms with E-state index in [0.717, 1.165) is 17.0 Å². The van der Waals surface area contributed by atoms with Crippen LogP contribution in [-0.4, -0.2) is 23.5 Å². The zero-order valence-corrected chi connectivity index (χ0v) is 17.3. The molecule has 0 N–H and O–H groups in total. The molecule has 2 aromatic carbocycles. The monoisotopic (exact) mass is 442 g/mol. The first-order valence-electron chi connectivity index (χ1n) is 7.58. The van der Waals surface area contributed by atoms with Crippen LogP contribution in [0.5, 0.6) is 0 Å². The van der Waals surface area contributed by atoms with Gasteiger partial charge in [-0.3, -0.25) is 10.1 Å². The van der Waals surface area contributed by atoms with Gasteiger partial charge in [0.15, 0.2) is 0 Å². The average molecular weight is 443 g/mol. The van der Waals surface area contributed by atoms with Crippen molar-refractivity contribution in [2.24, 2.45) is 4.40 Å². The van der Waals surface area contributed by atoms with Crippen molar-refractivity contribution < 1.29 is 13.3 Å². The van der Waals surface area contributed by atoms with Crippen LogP contribution in [0.15, 0.2) is 74.9 Å². The van der Waals surface area contributed by atoms with Gasteiger partial charge >= 0.3 is 0 Å². The zero-order chi connectivity index (χ0) is 19.9. The van der Waals surface area contributed by atoms with Gasteiger partial charge in [-0.1, -0.05) is 47.3 Å². The zero-order valence-electron chi connectivity index (χ0n) is 14.1. The van der Waals surface area contributed by atoms with Crippen molar-refractivity contribution in [2.75, 3.05) is 5.75 Å². The van der Waals surface area contributed by atoms with Gasteiger partial charge in [-0.15, -0.1) is 4.40 Å². The lowest BCUT2D eigenvalue weighted by Gasteiger charge is -2.06. The minimum absolute atomic E-state index is 0.103. The molecular weight excluding hydrogens is 428 g/mol. The summed E-state index contributed by atoms with van der Waals surface area (Å²) in [6.45, 7) is 1.87. The minimum Gasteiger partial charge on any atom is -0.258 e. The first kappa shape index (κ1) is 21.5. The van der Waals surface area contributed by atoms with Gasteiger partial charge in [-0.2, -0.15) is 8.42 Å². The third-order valence-corrected chi connectivity index (χ3v) is 6.95. The molecule has 0 aliphatic heterocycles. The number of nitro benzene ring substituents is 1. The smallest absolute Gasteiger partial charge is 0.258 e. The number of allylic oxidation sites excluding steroid dienone is 1. The molecule has 0 aromatic heterocycles. The second kappa shape index (κ2) is 9.93. The third-order valence-electron chi connectivity index (χ3n) is 3.10. The van der Waals surface area contributed by atoms with Crippen LogP contribution in [0.2, 0.25) is 5.02 Å². The summed E-state index contributed by atoms with van der Waals surface area (Å²) < 4.78 is 29.4. The van der Waals surface area contributed by atoms with Crippen LogP contribution in [0.1, 0.15) is 6.92 Å².